The Bertz CT molecular complexity index is 688. The number of hydrogen-bond donors (Lipinski definition) is 1. The van der Waals surface area contributed by atoms with Gasteiger partial charge in [0.15, 0.2) is 0 Å². The van der Waals surface area contributed by atoms with E-state index in [4.69, 9.17) is 4.74 Å². The van der Waals surface area contributed by atoms with Crippen LogP contribution in [0, 0.1) is 20.8 Å². The maximum Gasteiger partial charge on any atom is 0.243 e. The van der Waals surface area contributed by atoms with Crippen LogP contribution in [-0.2, 0) is 19.1 Å². The van der Waals surface area contributed by atoms with E-state index in [1.165, 1.54) is 4.90 Å². The second-order valence-electron chi connectivity index (χ2n) is 7.06. The summed E-state index contributed by atoms with van der Waals surface area (Å²) >= 11 is 0. The SMILES string of the molecule is Cc1cc(C)c(NC(=O)CN(C)C(=O)CCC(=O)N2CCOCC2)c(C)c1. The monoisotopic (exact) mass is 375 g/mol. The fraction of sp³-hybridized carbons (Fsp3) is 0.550. The second-order valence-corrected chi connectivity index (χ2v) is 7.06. The molecule has 7 heteroatoms. The third-order valence-corrected chi connectivity index (χ3v) is 4.66. The molecule has 0 radical (unpaired) electrons. The minimum atomic E-state index is -0.250. The normalized spacial score (nSPS) is 14.0. The maximum absolute atomic E-state index is 12.3. The Morgan fingerprint density at radius 2 is 1.67 bits per heavy atom. The first-order valence-electron chi connectivity index (χ1n) is 9.25. The minimum Gasteiger partial charge on any atom is -0.378 e. The molecule has 0 bridgehead atoms. The van der Waals surface area contributed by atoms with Crippen LogP contribution in [0.2, 0.25) is 0 Å². The average Bonchev–Trinajstić information content (AvgIpc) is 2.63. The molecule has 1 aliphatic heterocycles. The van der Waals surface area contributed by atoms with Crippen molar-refractivity contribution in [2.45, 2.75) is 33.6 Å². The molecular weight excluding hydrogens is 346 g/mol. The van der Waals surface area contributed by atoms with Crippen molar-refractivity contribution in [3.8, 4) is 0 Å². The highest BCUT2D eigenvalue weighted by Crippen LogP contribution is 2.21. The van der Waals surface area contributed by atoms with E-state index in [0.717, 1.165) is 22.4 Å². The number of hydrogen-bond acceptors (Lipinski definition) is 4. The van der Waals surface area contributed by atoms with Crippen molar-refractivity contribution in [2.75, 3.05) is 45.2 Å². The quantitative estimate of drug-likeness (QED) is 0.820. The molecule has 1 N–H and O–H groups in total. The van der Waals surface area contributed by atoms with Gasteiger partial charge in [-0.05, 0) is 31.9 Å². The second kappa shape index (κ2) is 9.50. The molecule has 1 saturated heterocycles. The van der Waals surface area contributed by atoms with Crippen LogP contribution >= 0.6 is 0 Å². The highest BCUT2D eigenvalue weighted by molar-refractivity contribution is 5.96. The molecule has 0 spiro atoms. The standard InChI is InChI=1S/C20H29N3O4/c1-14-11-15(2)20(16(3)12-14)21-17(24)13-22(4)18(25)5-6-19(26)23-7-9-27-10-8-23/h11-12H,5-10,13H2,1-4H3,(H,21,24). The molecule has 0 saturated carbocycles. The summed E-state index contributed by atoms with van der Waals surface area (Å²) in [6.07, 6.45) is 0.254. The van der Waals surface area contributed by atoms with E-state index < -0.39 is 0 Å². The van der Waals surface area contributed by atoms with Gasteiger partial charge in [0.1, 0.15) is 0 Å². The van der Waals surface area contributed by atoms with Gasteiger partial charge in [0.05, 0.1) is 19.8 Å². The molecule has 7 nitrogen and oxygen atoms in total. The van der Waals surface area contributed by atoms with Crippen molar-refractivity contribution >= 4 is 23.4 Å². The zero-order valence-corrected chi connectivity index (χ0v) is 16.6. The van der Waals surface area contributed by atoms with Crippen LogP contribution in [0.1, 0.15) is 29.5 Å². The number of nitrogens with one attached hydrogen (secondary N) is 1. The molecule has 0 aromatic heterocycles. The highest BCUT2D eigenvalue weighted by Gasteiger charge is 2.20. The Balaban J connectivity index is 1.81. The number of morpholine rings is 1. The van der Waals surface area contributed by atoms with Gasteiger partial charge in [-0.3, -0.25) is 14.4 Å². The summed E-state index contributed by atoms with van der Waals surface area (Å²) in [5.74, 6) is -0.514. The van der Waals surface area contributed by atoms with Gasteiger partial charge >= 0.3 is 0 Å². The maximum atomic E-state index is 12.3. The van der Waals surface area contributed by atoms with Crippen LogP contribution < -0.4 is 5.32 Å². The van der Waals surface area contributed by atoms with E-state index in [0.29, 0.717) is 26.3 Å². The fourth-order valence-electron chi connectivity index (χ4n) is 3.24. The molecule has 1 aromatic carbocycles. The number of amides is 3. The number of likely N-dealkylation sites (N-methyl/N-ethyl adjacent to an activating group) is 1. The van der Waals surface area contributed by atoms with E-state index in [9.17, 15) is 14.4 Å². The van der Waals surface area contributed by atoms with Crippen LogP contribution in [0.4, 0.5) is 5.69 Å². The number of carbonyl (C=O) groups is 3. The molecule has 2 rings (SSSR count). The van der Waals surface area contributed by atoms with Crippen LogP contribution in [0.3, 0.4) is 0 Å². The van der Waals surface area contributed by atoms with Crippen molar-refractivity contribution in [3.63, 3.8) is 0 Å². The third-order valence-electron chi connectivity index (χ3n) is 4.66. The summed E-state index contributed by atoms with van der Waals surface area (Å²) in [7, 11) is 1.58. The first kappa shape index (κ1) is 20.9. The average molecular weight is 375 g/mol. The van der Waals surface area contributed by atoms with Crippen molar-refractivity contribution in [1.82, 2.24) is 9.80 Å². The number of ether oxygens (including phenoxy) is 1. The smallest absolute Gasteiger partial charge is 0.243 e. The lowest BCUT2D eigenvalue weighted by molar-refractivity contribution is -0.139. The number of rotatable bonds is 6. The van der Waals surface area contributed by atoms with E-state index in [2.05, 4.69) is 5.32 Å². The first-order chi connectivity index (χ1) is 12.8. The van der Waals surface area contributed by atoms with Crippen LogP contribution in [0.15, 0.2) is 12.1 Å². The molecule has 0 aliphatic carbocycles. The predicted molar refractivity (Wildman–Crippen MR) is 104 cm³/mol. The van der Waals surface area contributed by atoms with Crippen molar-refractivity contribution in [3.05, 3.63) is 28.8 Å². The Hall–Kier alpha value is -2.41. The van der Waals surface area contributed by atoms with Gasteiger partial charge in [-0.25, -0.2) is 0 Å². The number of nitrogens with zero attached hydrogens (tertiary/aromatic N) is 2. The Labute approximate surface area is 160 Å². The molecule has 27 heavy (non-hydrogen) atoms. The molecule has 1 fully saturated rings. The first-order valence-corrected chi connectivity index (χ1v) is 9.25. The van der Waals surface area contributed by atoms with E-state index >= 15 is 0 Å². The zero-order valence-electron chi connectivity index (χ0n) is 16.6. The molecule has 1 aromatic rings. The molecule has 0 unspecified atom stereocenters. The molecule has 148 valence electrons. The lowest BCUT2D eigenvalue weighted by atomic mass is 10.1. The lowest BCUT2D eigenvalue weighted by Crippen LogP contribution is -2.41. The molecule has 0 atom stereocenters. The molecule has 1 aliphatic rings. The summed E-state index contributed by atoms with van der Waals surface area (Å²) in [5.41, 5.74) is 3.91. The number of aryl methyl sites for hydroxylation is 3. The Morgan fingerprint density at radius 3 is 2.26 bits per heavy atom. The van der Waals surface area contributed by atoms with Crippen LogP contribution in [0.25, 0.3) is 0 Å². The van der Waals surface area contributed by atoms with E-state index in [1.54, 1.807) is 11.9 Å². The minimum absolute atomic E-state index is 0.0443. The summed E-state index contributed by atoms with van der Waals surface area (Å²) < 4.78 is 5.22. The van der Waals surface area contributed by atoms with Gasteiger partial charge in [-0.1, -0.05) is 17.7 Å². The Kier molecular flexibility index (Phi) is 7.36. The van der Waals surface area contributed by atoms with Gasteiger partial charge in [-0.2, -0.15) is 0 Å². The van der Waals surface area contributed by atoms with Gasteiger partial charge in [0.25, 0.3) is 0 Å². The number of carbonyl (C=O) groups excluding carboxylic acids is 3. The molecular formula is C20H29N3O4. The van der Waals surface area contributed by atoms with Crippen LogP contribution in [0.5, 0.6) is 0 Å². The highest BCUT2D eigenvalue weighted by atomic mass is 16.5. The molecule has 3 amide bonds. The summed E-state index contributed by atoms with van der Waals surface area (Å²) in [6.45, 7) is 8.08. The van der Waals surface area contributed by atoms with Gasteiger partial charge in [-0.15, -0.1) is 0 Å². The Morgan fingerprint density at radius 1 is 1.07 bits per heavy atom. The van der Waals surface area contributed by atoms with Gasteiger partial charge in [0.2, 0.25) is 17.7 Å². The van der Waals surface area contributed by atoms with Crippen LogP contribution in [-0.4, -0.2) is 67.4 Å². The van der Waals surface area contributed by atoms with Gasteiger partial charge in [0, 0.05) is 38.7 Å². The largest absolute Gasteiger partial charge is 0.378 e. The fourth-order valence-corrected chi connectivity index (χ4v) is 3.24. The van der Waals surface area contributed by atoms with Gasteiger partial charge < -0.3 is 19.9 Å². The number of anilines is 1. The zero-order chi connectivity index (χ0) is 20.0. The predicted octanol–water partition coefficient (Wildman–Crippen LogP) is 1.65. The number of benzene rings is 1. The topological polar surface area (TPSA) is 79.0 Å². The summed E-state index contributed by atoms with van der Waals surface area (Å²) in [5, 5.41) is 2.89. The van der Waals surface area contributed by atoms with Crippen molar-refractivity contribution in [2.24, 2.45) is 0 Å². The van der Waals surface area contributed by atoms with E-state index in [1.807, 2.05) is 32.9 Å². The van der Waals surface area contributed by atoms with Crippen molar-refractivity contribution in [1.29, 1.82) is 0 Å². The van der Waals surface area contributed by atoms with E-state index in [-0.39, 0.29) is 37.1 Å². The third kappa shape index (κ3) is 6.06. The van der Waals surface area contributed by atoms with Crippen molar-refractivity contribution < 1.29 is 19.1 Å². The molecule has 1 heterocycles. The summed E-state index contributed by atoms with van der Waals surface area (Å²) in [6, 6.07) is 4.02. The summed E-state index contributed by atoms with van der Waals surface area (Å²) in [4.78, 5) is 39.7. The lowest BCUT2D eigenvalue weighted by Gasteiger charge is -2.27.